The lowest BCUT2D eigenvalue weighted by molar-refractivity contribution is -0.122. The molecule has 1 aliphatic carbocycles. The first-order valence-electron chi connectivity index (χ1n) is 7.54. The predicted octanol–water partition coefficient (Wildman–Crippen LogP) is 0.139. The Balaban J connectivity index is 1.55. The van der Waals surface area contributed by atoms with Crippen LogP contribution in [0.15, 0.2) is 0 Å². The normalized spacial score (nSPS) is 25.2. The monoisotopic (exact) mass is 268 g/mol. The van der Waals surface area contributed by atoms with E-state index in [1.54, 1.807) is 6.92 Å². The molecule has 1 amide bonds. The molecule has 1 saturated heterocycles. The van der Waals surface area contributed by atoms with Crippen LogP contribution in [0, 0.1) is 0 Å². The van der Waals surface area contributed by atoms with Gasteiger partial charge in [0.15, 0.2) is 0 Å². The second-order valence-electron chi connectivity index (χ2n) is 6.35. The fraction of sp³-hybridized carbons (Fsp3) is 0.929. The molecule has 1 aliphatic heterocycles. The average Bonchev–Trinajstić information content (AvgIpc) is 3.19. The molecule has 1 saturated carbocycles. The van der Waals surface area contributed by atoms with E-state index in [1.807, 2.05) is 0 Å². The number of rotatable bonds is 7. The number of nitrogens with two attached hydrogens (primary N) is 2. The average molecular weight is 268 g/mol. The van der Waals surface area contributed by atoms with Crippen molar-refractivity contribution in [1.29, 1.82) is 0 Å². The zero-order valence-electron chi connectivity index (χ0n) is 12.1. The van der Waals surface area contributed by atoms with Crippen LogP contribution in [0.1, 0.15) is 39.0 Å². The third kappa shape index (κ3) is 4.44. The van der Waals surface area contributed by atoms with Gasteiger partial charge >= 0.3 is 0 Å². The van der Waals surface area contributed by atoms with Crippen molar-refractivity contribution in [2.45, 2.75) is 50.6 Å². The third-order valence-electron chi connectivity index (χ3n) is 4.45. The van der Waals surface area contributed by atoms with Crippen molar-refractivity contribution in [2.24, 2.45) is 11.5 Å². The zero-order valence-corrected chi connectivity index (χ0v) is 12.1. The number of hydrogen-bond acceptors (Lipinski definition) is 4. The standard InChI is InChI=1S/C14H28N4O/c1-14(16,13(15)19)6-2-3-7-17-8-10-18(11-9-17)12-4-5-12/h12H,2-11,16H2,1H3,(H2,15,19). The van der Waals surface area contributed by atoms with Gasteiger partial charge in [0.2, 0.25) is 5.91 Å². The lowest BCUT2D eigenvalue weighted by Crippen LogP contribution is -2.49. The molecule has 0 aromatic rings. The molecule has 1 unspecified atom stereocenters. The van der Waals surface area contributed by atoms with Crippen molar-refractivity contribution in [3.8, 4) is 0 Å². The van der Waals surface area contributed by atoms with Gasteiger partial charge in [-0.3, -0.25) is 9.69 Å². The Morgan fingerprint density at radius 3 is 2.37 bits per heavy atom. The Morgan fingerprint density at radius 1 is 1.21 bits per heavy atom. The van der Waals surface area contributed by atoms with E-state index >= 15 is 0 Å². The largest absolute Gasteiger partial charge is 0.368 e. The number of carbonyl (C=O) groups is 1. The molecule has 2 fully saturated rings. The number of primary amides is 1. The molecule has 0 spiro atoms. The van der Waals surface area contributed by atoms with E-state index in [9.17, 15) is 4.79 Å². The highest BCUT2D eigenvalue weighted by Crippen LogP contribution is 2.27. The fourth-order valence-corrected chi connectivity index (χ4v) is 2.74. The summed E-state index contributed by atoms with van der Waals surface area (Å²) in [6.07, 6.45) is 5.57. The Kier molecular flexibility index (Phi) is 4.81. The maximum absolute atomic E-state index is 11.1. The van der Waals surface area contributed by atoms with Crippen LogP contribution in [0.2, 0.25) is 0 Å². The first-order valence-corrected chi connectivity index (χ1v) is 7.54. The van der Waals surface area contributed by atoms with Gasteiger partial charge < -0.3 is 16.4 Å². The summed E-state index contributed by atoms with van der Waals surface area (Å²) in [5.41, 5.74) is 10.3. The summed E-state index contributed by atoms with van der Waals surface area (Å²) < 4.78 is 0. The molecule has 5 nitrogen and oxygen atoms in total. The van der Waals surface area contributed by atoms with Crippen molar-refractivity contribution in [3.05, 3.63) is 0 Å². The van der Waals surface area contributed by atoms with E-state index in [-0.39, 0.29) is 0 Å². The van der Waals surface area contributed by atoms with Gasteiger partial charge in [-0.15, -0.1) is 0 Å². The predicted molar refractivity (Wildman–Crippen MR) is 76.7 cm³/mol. The van der Waals surface area contributed by atoms with Crippen LogP contribution in [0.3, 0.4) is 0 Å². The Hall–Kier alpha value is -0.650. The number of piperazine rings is 1. The highest BCUT2D eigenvalue weighted by Gasteiger charge is 2.31. The topological polar surface area (TPSA) is 75.6 Å². The van der Waals surface area contributed by atoms with Gasteiger partial charge in [0.1, 0.15) is 0 Å². The Labute approximate surface area is 116 Å². The SMILES string of the molecule is CC(N)(CCCCN1CCN(C2CC2)CC1)C(N)=O. The van der Waals surface area contributed by atoms with E-state index < -0.39 is 11.4 Å². The van der Waals surface area contributed by atoms with Gasteiger partial charge in [-0.25, -0.2) is 0 Å². The Morgan fingerprint density at radius 2 is 1.84 bits per heavy atom. The van der Waals surface area contributed by atoms with E-state index in [4.69, 9.17) is 11.5 Å². The molecular weight excluding hydrogens is 240 g/mol. The van der Waals surface area contributed by atoms with E-state index in [0.717, 1.165) is 25.4 Å². The minimum absolute atomic E-state index is 0.398. The highest BCUT2D eigenvalue weighted by atomic mass is 16.1. The number of amides is 1. The van der Waals surface area contributed by atoms with Crippen LogP contribution >= 0.6 is 0 Å². The molecular formula is C14H28N4O. The van der Waals surface area contributed by atoms with E-state index in [2.05, 4.69) is 9.80 Å². The maximum atomic E-state index is 11.1. The van der Waals surface area contributed by atoms with Crippen LogP contribution in [-0.4, -0.2) is 60.0 Å². The van der Waals surface area contributed by atoms with Gasteiger partial charge in [0.25, 0.3) is 0 Å². The van der Waals surface area contributed by atoms with Crippen LogP contribution in [-0.2, 0) is 4.79 Å². The van der Waals surface area contributed by atoms with Crippen LogP contribution in [0.5, 0.6) is 0 Å². The fourth-order valence-electron chi connectivity index (χ4n) is 2.74. The summed E-state index contributed by atoms with van der Waals surface area (Å²) in [4.78, 5) is 16.3. The third-order valence-corrected chi connectivity index (χ3v) is 4.45. The first-order chi connectivity index (χ1) is 8.99. The molecule has 2 aliphatic rings. The number of hydrogen-bond donors (Lipinski definition) is 2. The molecule has 1 atom stereocenters. The van der Waals surface area contributed by atoms with E-state index in [1.165, 1.54) is 39.0 Å². The van der Waals surface area contributed by atoms with Gasteiger partial charge in [-0.1, -0.05) is 0 Å². The van der Waals surface area contributed by atoms with Gasteiger partial charge in [-0.05, 0) is 45.6 Å². The van der Waals surface area contributed by atoms with Crippen molar-refractivity contribution < 1.29 is 4.79 Å². The molecule has 1 heterocycles. The second kappa shape index (κ2) is 6.20. The van der Waals surface area contributed by atoms with Crippen LogP contribution in [0.25, 0.3) is 0 Å². The second-order valence-corrected chi connectivity index (χ2v) is 6.35. The number of carbonyl (C=O) groups excluding carboxylic acids is 1. The minimum Gasteiger partial charge on any atom is -0.368 e. The lowest BCUT2D eigenvalue weighted by atomic mass is 9.95. The number of nitrogens with zero attached hydrogens (tertiary/aromatic N) is 2. The van der Waals surface area contributed by atoms with Crippen LogP contribution < -0.4 is 11.5 Å². The summed E-state index contributed by atoms with van der Waals surface area (Å²) in [5.74, 6) is -0.398. The number of unbranched alkanes of at least 4 members (excludes halogenated alkanes) is 1. The lowest BCUT2D eigenvalue weighted by Gasteiger charge is -2.34. The van der Waals surface area contributed by atoms with Gasteiger partial charge in [0, 0.05) is 32.2 Å². The molecule has 2 rings (SSSR count). The van der Waals surface area contributed by atoms with Crippen LogP contribution in [0.4, 0.5) is 0 Å². The van der Waals surface area contributed by atoms with Crippen molar-refractivity contribution in [3.63, 3.8) is 0 Å². The summed E-state index contributed by atoms with van der Waals surface area (Å²) >= 11 is 0. The minimum atomic E-state index is -0.843. The molecule has 0 bridgehead atoms. The van der Waals surface area contributed by atoms with Gasteiger partial charge in [-0.2, -0.15) is 0 Å². The quantitative estimate of drug-likeness (QED) is 0.644. The maximum Gasteiger partial charge on any atom is 0.237 e. The molecule has 110 valence electrons. The Bertz CT molecular complexity index is 307. The molecule has 5 heteroatoms. The van der Waals surface area contributed by atoms with E-state index in [0.29, 0.717) is 6.42 Å². The molecule has 19 heavy (non-hydrogen) atoms. The molecule has 4 N–H and O–H groups in total. The summed E-state index contributed by atoms with van der Waals surface area (Å²) in [6, 6.07) is 0.899. The zero-order chi connectivity index (χ0) is 13.9. The highest BCUT2D eigenvalue weighted by molar-refractivity contribution is 5.83. The molecule has 0 radical (unpaired) electrons. The summed E-state index contributed by atoms with van der Waals surface area (Å²) in [5, 5.41) is 0. The smallest absolute Gasteiger partial charge is 0.237 e. The summed E-state index contributed by atoms with van der Waals surface area (Å²) in [6.45, 7) is 7.66. The van der Waals surface area contributed by atoms with Crippen molar-refractivity contribution in [1.82, 2.24) is 9.80 Å². The van der Waals surface area contributed by atoms with Crippen molar-refractivity contribution in [2.75, 3.05) is 32.7 Å². The first kappa shape index (κ1) is 14.8. The van der Waals surface area contributed by atoms with Crippen molar-refractivity contribution >= 4 is 5.91 Å². The van der Waals surface area contributed by atoms with Gasteiger partial charge in [0.05, 0.1) is 5.54 Å². The summed E-state index contributed by atoms with van der Waals surface area (Å²) in [7, 11) is 0. The molecule has 0 aromatic carbocycles. The molecule has 0 aromatic heterocycles.